The molecule has 1 aliphatic heterocycles. The summed E-state index contributed by atoms with van der Waals surface area (Å²) < 4.78 is 30.1. The predicted molar refractivity (Wildman–Crippen MR) is 70.9 cm³/mol. The fraction of sp³-hybridized carbons (Fsp3) is 1.00. The van der Waals surface area contributed by atoms with E-state index in [4.69, 9.17) is 25.8 Å². The van der Waals surface area contributed by atoms with Gasteiger partial charge in [-0.3, -0.25) is 0 Å². The van der Waals surface area contributed by atoms with Crippen LogP contribution in [0, 0.1) is 0 Å². The second-order valence-corrected chi connectivity index (χ2v) is 5.35. The summed E-state index contributed by atoms with van der Waals surface area (Å²) in [5, 5.41) is 7.08. The highest BCUT2D eigenvalue weighted by Crippen LogP contribution is 2.39. The summed E-state index contributed by atoms with van der Waals surface area (Å²) in [6.07, 6.45) is 0.341. The molecule has 0 spiro atoms. The molecular formula is C13H24ClFO4. The van der Waals surface area contributed by atoms with Gasteiger partial charge in [0.2, 0.25) is 6.29 Å². The lowest BCUT2D eigenvalue weighted by atomic mass is 10.1. The van der Waals surface area contributed by atoms with Crippen LogP contribution < -0.4 is 0 Å². The van der Waals surface area contributed by atoms with Gasteiger partial charge in [-0.05, 0) is 12.8 Å². The van der Waals surface area contributed by atoms with Crippen LogP contribution in [0.3, 0.4) is 0 Å². The maximum absolute atomic E-state index is 14.1. The van der Waals surface area contributed by atoms with Crippen LogP contribution in [0.25, 0.3) is 0 Å². The molecule has 0 radical (unpaired) electrons. The maximum Gasteiger partial charge on any atom is 0.262 e. The Morgan fingerprint density at radius 3 is 2.53 bits per heavy atom. The molecule has 4 nitrogen and oxygen atoms in total. The molecule has 0 amide bonds. The number of hydrogen-bond acceptors (Lipinski definition) is 4. The molecule has 19 heavy (non-hydrogen) atoms. The molecule has 1 fully saturated rings. The van der Waals surface area contributed by atoms with Gasteiger partial charge in [-0.25, -0.2) is 4.39 Å². The summed E-state index contributed by atoms with van der Waals surface area (Å²) >= 11 is 5.68. The normalized spacial score (nSPS) is 34.9. The van der Waals surface area contributed by atoms with Crippen molar-refractivity contribution >= 4 is 11.6 Å². The monoisotopic (exact) mass is 298 g/mol. The van der Waals surface area contributed by atoms with E-state index in [1.54, 1.807) is 0 Å². The maximum atomic E-state index is 14.1. The van der Waals surface area contributed by atoms with Crippen LogP contribution >= 0.6 is 11.6 Å². The molecule has 0 aromatic carbocycles. The molecule has 0 aromatic rings. The molecule has 0 aliphatic carbocycles. The molecular weight excluding hydrogens is 275 g/mol. The van der Waals surface area contributed by atoms with Crippen molar-refractivity contribution < 1.29 is 23.7 Å². The van der Waals surface area contributed by atoms with Crippen LogP contribution in [0.5, 0.6) is 0 Å². The Bertz CT molecular complexity index is 253. The number of ether oxygens (including phenoxy) is 3. The Kier molecular flexibility index (Phi) is 7.54. The molecule has 0 saturated carbocycles. The van der Waals surface area contributed by atoms with Gasteiger partial charge in [0, 0.05) is 13.2 Å². The molecule has 0 bridgehead atoms. The Labute approximate surface area is 119 Å². The van der Waals surface area contributed by atoms with Gasteiger partial charge in [0.15, 0.2) is 0 Å². The van der Waals surface area contributed by atoms with E-state index in [-0.39, 0.29) is 6.61 Å². The van der Waals surface area contributed by atoms with E-state index < -0.39 is 23.6 Å². The summed E-state index contributed by atoms with van der Waals surface area (Å²) in [4.78, 5) is 0. The molecule has 6 heteroatoms. The second kappa shape index (κ2) is 8.37. The molecule has 1 aliphatic rings. The Morgan fingerprint density at radius 1 is 1.26 bits per heavy atom. The van der Waals surface area contributed by atoms with E-state index in [2.05, 4.69) is 6.92 Å². The lowest BCUT2D eigenvalue weighted by molar-refractivity contribution is -0.133. The third-order valence-electron chi connectivity index (χ3n) is 3.07. The van der Waals surface area contributed by atoms with E-state index in [9.17, 15) is 9.50 Å². The molecule has 1 rings (SSSR count). The summed E-state index contributed by atoms with van der Waals surface area (Å²) in [5.74, 6) is 0. The Morgan fingerprint density at radius 2 is 1.89 bits per heavy atom. The first-order valence-corrected chi connectivity index (χ1v) is 7.32. The average Bonchev–Trinajstić information content (AvgIpc) is 2.58. The van der Waals surface area contributed by atoms with Gasteiger partial charge in [0.25, 0.3) is 5.13 Å². The topological polar surface area (TPSA) is 47.9 Å². The van der Waals surface area contributed by atoms with E-state index >= 15 is 0 Å². The van der Waals surface area contributed by atoms with E-state index in [1.165, 1.54) is 0 Å². The first-order chi connectivity index (χ1) is 9.04. The smallest absolute Gasteiger partial charge is 0.262 e. The molecule has 1 saturated heterocycles. The number of aliphatic hydroxyl groups excluding tert-OH is 1. The lowest BCUT2D eigenvalue weighted by Crippen LogP contribution is -2.42. The Balaban J connectivity index is 2.47. The number of hydrogen-bond donors (Lipinski definition) is 1. The van der Waals surface area contributed by atoms with Gasteiger partial charge < -0.3 is 19.3 Å². The third-order valence-corrected chi connectivity index (χ3v) is 3.47. The summed E-state index contributed by atoms with van der Waals surface area (Å²) in [6.45, 7) is 5.21. The number of rotatable bonds is 9. The third kappa shape index (κ3) is 4.83. The minimum atomic E-state index is -2.41. The fourth-order valence-electron chi connectivity index (χ4n) is 1.86. The van der Waals surface area contributed by atoms with Crippen LogP contribution in [0.1, 0.15) is 39.5 Å². The van der Waals surface area contributed by atoms with Crippen molar-refractivity contribution in [3.8, 4) is 0 Å². The first kappa shape index (κ1) is 17.1. The lowest BCUT2D eigenvalue weighted by Gasteiger charge is -2.24. The van der Waals surface area contributed by atoms with Crippen LogP contribution in [0.2, 0.25) is 0 Å². The van der Waals surface area contributed by atoms with Crippen LogP contribution in [0.4, 0.5) is 4.39 Å². The van der Waals surface area contributed by atoms with Crippen molar-refractivity contribution in [2.24, 2.45) is 0 Å². The number of unbranched alkanes of at least 4 members (excludes halogenated alkanes) is 2. The minimum Gasteiger partial charge on any atom is -0.379 e. The van der Waals surface area contributed by atoms with Crippen molar-refractivity contribution in [1.29, 1.82) is 0 Å². The Hall–Kier alpha value is 0.0600. The van der Waals surface area contributed by atoms with Gasteiger partial charge in [0.05, 0.1) is 6.61 Å². The molecule has 0 aromatic heterocycles. The zero-order valence-corrected chi connectivity index (χ0v) is 12.4. The number of aliphatic hydroxyl groups is 1. The van der Waals surface area contributed by atoms with Crippen molar-refractivity contribution in [3.05, 3.63) is 0 Å². The summed E-state index contributed by atoms with van der Waals surface area (Å²) in [6, 6.07) is 0. The van der Waals surface area contributed by atoms with Crippen LogP contribution in [-0.2, 0) is 14.2 Å². The van der Waals surface area contributed by atoms with Crippen molar-refractivity contribution in [1.82, 2.24) is 0 Å². The summed E-state index contributed by atoms with van der Waals surface area (Å²) in [5.41, 5.74) is 0. The first-order valence-electron chi connectivity index (χ1n) is 6.94. The van der Waals surface area contributed by atoms with Crippen molar-refractivity contribution in [2.75, 3.05) is 19.8 Å². The molecule has 4 atom stereocenters. The molecule has 1 heterocycles. The highest BCUT2D eigenvalue weighted by molar-refractivity contribution is 6.23. The zero-order valence-electron chi connectivity index (χ0n) is 11.6. The van der Waals surface area contributed by atoms with Crippen LogP contribution in [0.15, 0.2) is 0 Å². The van der Waals surface area contributed by atoms with Crippen LogP contribution in [-0.4, -0.2) is 48.6 Å². The predicted octanol–water partition coefficient (Wildman–Crippen LogP) is 2.61. The zero-order chi connectivity index (χ0) is 14.3. The van der Waals surface area contributed by atoms with Gasteiger partial charge in [0.1, 0.15) is 12.2 Å². The van der Waals surface area contributed by atoms with Gasteiger partial charge in [-0.2, -0.15) is 0 Å². The molecule has 114 valence electrons. The fourth-order valence-corrected chi connectivity index (χ4v) is 2.12. The quantitative estimate of drug-likeness (QED) is 0.525. The summed E-state index contributed by atoms with van der Waals surface area (Å²) in [7, 11) is 0. The number of alkyl halides is 2. The highest BCUT2D eigenvalue weighted by atomic mass is 35.5. The van der Waals surface area contributed by atoms with Gasteiger partial charge in [-0.15, -0.1) is 0 Å². The van der Waals surface area contributed by atoms with E-state index in [0.29, 0.717) is 13.2 Å². The highest BCUT2D eigenvalue weighted by Gasteiger charge is 2.57. The standard InChI is InChI=1S/C13H24ClFO4/c1-3-5-7-17-9-10-11(18-8-6-4-2)13(14,15)12(16)19-10/h10-12,16H,3-9H2,1-2H3/t10-,11-,12?,13-/m1/s1. The SMILES string of the molecule is CCCCOC[C@H]1OC(O)[C@@](F)(Cl)[C@@H]1OCCCC. The number of halogens is 2. The van der Waals surface area contributed by atoms with Crippen molar-refractivity contribution in [2.45, 2.75) is 63.2 Å². The second-order valence-electron chi connectivity index (χ2n) is 4.77. The van der Waals surface area contributed by atoms with Crippen molar-refractivity contribution in [3.63, 3.8) is 0 Å². The van der Waals surface area contributed by atoms with Gasteiger partial charge >= 0.3 is 0 Å². The molecule has 1 unspecified atom stereocenters. The van der Waals surface area contributed by atoms with E-state index in [0.717, 1.165) is 25.7 Å². The molecule has 1 N–H and O–H groups in total. The van der Waals surface area contributed by atoms with Gasteiger partial charge in [-0.1, -0.05) is 38.3 Å². The largest absolute Gasteiger partial charge is 0.379 e. The van der Waals surface area contributed by atoms with E-state index in [1.807, 2.05) is 6.92 Å². The minimum absolute atomic E-state index is 0.173. The average molecular weight is 299 g/mol.